The molecule has 1 aromatic carbocycles. The molecule has 2 N–H and O–H groups in total. The molecule has 0 unspecified atom stereocenters. The van der Waals surface area contributed by atoms with Gasteiger partial charge in [-0.25, -0.2) is 14.9 Å². The first-order valence-corrected chi connectivity index (χ1v) is 8.67. The summed E-state index contributed by atoms with van der Waals surface area (Å²) in [5.41, 5.74) is 6.53. The molecular weight excluding hydrogens is 610 g/mol. The van der Waals surface area contributed by atoms with Crippen molar-refractivity contribution >= 4 is 49.3 Å². The van der Waals surface area contributed by atoms with Crippen LogP contribution in [0.4, 0.5) is 4.39 Å². The number of nitrogens with two attached hydrogens (primary N) is 1. The van der Waals surface area contributed by atoms with Crippen molar-refractivity contribution in [2.75, 3.05) is 0 Å². The fraction of sp³-hybridized carbons (Fsp3) is 0.238. The number of aromatic nitrogens is 3. The monoisotopic (exact) mass is 633 g/mol. The van der Waals surface area contributed by atoms with Crippen LogP contribution in [0.3, 0.4) is 0 Å². The molecule has 0 radical (unpaired) electrons. The van der Waals surface area contributed by atoms with Gasteiger partial charge in [-0.15, -0.1) is 23.7 Å². The summed E-state index contributed by atoms with van der Waals surface area (Å²) in [4.78, 5) is 8.57. The summed E-state index contributed by atoms with van der Waals surface area (Å²) in [7, 11) is 1.91. The molecule has 32 heavy (non-hydrogen) atoms. The van der Waals surface area contributed by atoms with Crippen LogP contribution >= 0.6 is 11.6 Å². The quantitative estimate of drug-likeness (QED) is 0.135. The van der Waals surface area contributed by atoms with Gasteiger partial charge >= 0.3 is 37.7 Å². The maximum atomic E-state index is 14.6. The van der Waals surface area contributed by atoms with Crippen molar-refractivity contribution in [3.05, 3.63) is 72.3 Å². The number of imidazole rings is 1. The van der Waals surface area contributed by atoms with Crippen LogP contribution in [-0.4, -0.2) is 52.3 Å². The average Bonchev–Trinajstić information content (AvgIpc) is 2.98. The van der Waals surface area contributed by atoms with Crippen molar-refractivity contribution in [3.63, 3.8) is 0 Å². The van der Waals surface area contributed by atoms with Gasteiger partial charge in [-0.05, 0) is 11.8 Å². The Kier molecular flexibility index (Phi) is 20.9. The molecule has 0 atom stereocenters. The third-order valence-corrected chi connectivity index (χ3v) is 3.98. The summed E-state index contributed by atoms with van der Waals surface area (Å²) < 4.78 is 16.6. The van der Waals surface area contributed by atoms with E-state index in [2.05, 4.69) is 55.2 Å². The standard InChI is InChI=1S/C19H17ClFN3.C2H5N.Ca.3FH.Sm/c1-19(2,3)18-23-16(11-24(18)4)14-8-7-12(10-15(14)21)13-6-5-9-22-17(13)20;1-2-3;;;;;/h5,8-11H,1-4H3;2H,1,3H2;;3*1H;/q-2;;+2;;;;/p-3. The Morgan fingerprint density at radius 2 is 1.78 bits per heavy atom. The van der Waals surface area contributed by atoms with Crippen LogP contribution < -0.4 is 19.8 Å². The molecule has 3 aromatic rings. The van der Waals surface area contributed by atoms with E-state index in [0.29, 0.717) is 22.4 Å². The molecule has 0 spiro atoms. The number of pyridine rings is 1. The first kappa shape index (κ1) is 39.0. The maximum Gasteiger partial charge on any atom is 2.00 e. The van der Waals surface area contributed by atoms with Crippen LogP contribution in [0.1, 0.15) is 26.6 Å². The molecule has 0 amide bonds. The topological polar surface area (TPSA) is 56.7 Å². The van der Waals surface area contributed by atoms with Crippen LogP contribution in [0.15, 0.2) is 43.4 Å². The molecule has 2 heterocycles. The Morgan fingerprint density at radius 3 is 2.22 bits per heavy atom. The fourth-order valence-corrected chi connectivity index (χ4v) is 2.85. The molecule has 0 aliphatic carbocycles. The predicted octanol–water partition coefficient (Wildman–Crippen LogP) is -4.44. The van der Waals surface area contributed by atoms with Gasteiger partial charge in [0.2, 0.25) is 0 Å². The first-order valence-electron chi connectivity index (χ1n) is 8.29. The van der Waals surface area contributed by atoms with Crippen molar-refractivity contribution in [2.45, 2.75) is 26.2 Å². The molecule has 0 saturated heterocycles. The van der Waals surface area contributed by atoms with Crippen molar-refractivity contribution in [3.8, 4) is 22.4 Å². The second-order valence-electron chi connectivity index (χ2n) is 6.91. The van der Waals surface area contributed by atoms with E-state index in [9.17, 15) is 4.39 Å². The van der Waals surface area contributed by atoms with Gasteiger partial charge in [0.15, 0.2) is 0 Å². The van der Waals surface area contributed by atoms with Gasteiger partial charge in [0.25, 0.3) is 0 Å². The van der Waals surface area contributed by atoms with E-state index in [0.717, 1.165) is 5.82 Å². The number of aryl methyl sites for hydroxylation is 1. The minimum Gasteiger partial charge on any atom is -1.00 e. The number of hydrogen-bond acceptors (Lipinski definition) is 3. The van der Waals surface area contributed by atoms with Crippen LogP contribution in [0.25, 0.3) is 22.4 Å². The second-order valence-corrected chi connectivity index (χ2v) is 7.27. The molecule has 3 rings (SSSR count). The SMILES string of the molecule is C=CN.Cn1cc(-c2c[c-]c(-c3[c-]ccnc3Cl)cc2F)nc1C(C)(C)C.[Ca+2].[F-].[F-].[F-].[Sm]. The Balaban J connectivity index is -0.000000465. The minimum absolute atomic E-state index is 0. The van der Waals surface area contributed by atoms with Crippen LogP contribution in [-0.2, 0) is 12.5 Å². The van der Waals surface area contributed by atoms with Crippen molar-refractivity contribution < 1.29 is 58.9 Å². The minimum atomic E-state index is -0.379. The fourth-order valence-electron chi connectivity index (χ4n) is 2.63. The zero-order chi connectivity index (χ0) is 20.2. The van der Waals surface area contributed by atoms with Gasteiger partial charge in [-0.2, -0.15) is 23.8 Å². The van der Waals surface area contributed by atoms with Crippen molar-refractivity contribution in [1.82, 2.24) is 14.5 Å². The normalized spacial score (nSPS) is 9.19. The predicted molar refractivity (Wildman–Crippen MR) is 113 cm³/mol. The van der Waals surface area contributed by atoms with Crippen LogP contribution in [0, 0.1) is 58.3 Å². The van der Waals surface area contributed by atoms with Gasteiger partial charge < -0.3 is 29.4 Å². The third kappa shape index (κ3) is 9.92. The van der Waals surface area contributed by atoms with Crippen molar-refractivity contribution in [1.29, 1.82) is 0 Å². The Bertz CT molecular complexity index is 965. The zero-order valence-corrected chi connectivity index (χ0v) is 23.7. The molecular formula is C21H22CaClF4N4Sm-3. The molecule has 0 fully saturated rings. The number of nitrogens with zero attached hydrogens (tertiary/aromatic N) is 3. The number of benzene rings is 1. The molecule has 0 aliphatic heterocycles. The van der Waals surface area contributed by atoms with E-state index in [1.54, 1.807) is 18.3 Å². The number of rotatable bonds is 2. The maximum absolute atomic E-state index is 14.6. The third-order valence-electron chi connectivity index (χ3n) is 3.69. The van der Waals surface area contributed by atoms with Gasteiger partial charge in [0.05, 0.1) is 0 Å². The largest absolute Gasteiger partial charge is 2.00 e. The first-order chi connectivity index (χ1) is 12.7. The number of halogens is 5. The number of hydrogen-bond donors (Lipinski definition) is 1. The molecule has 0 saturated carbocycles. The van der Waals surface area contributed by atoms with Gasteiger partial charge in [0.1, 0.15) is 5.82 Å². The van der Waals surface area contributed by atoms with E-state index in [1.165, 1.54) is 12.3 Å². The van der Waals surface area contributed by atoms with Gasteiger partial charge in [0, 0.05) is 75.7 Å². The van der Waals surface area contributed by atoms with E-state index < -0.39 is 0 Å². The van der Waals surface area contributed by atoms with Crippen LogP contribution in [0.2, 0.25) is 5.15 Å². The summed E-state index contributed by atoms with van der Waals surface area (Å²) in [5.74, 6) is 0.514. The Labute approximate surface area is 253 Å². The second kappa shape index (κ2) is 17.2. The molecule has 4 nitrogen and oxygen atoms in total. The smallest absolute Gasteiger partial charge is 1.00 e. The van der Waals surface area contributed by atoms with E-state index >= 15 is 0 Å². The summed E-state index contributed by atoms with van der Waals surface area (Å²) in [6.07, 6.45) is 4.62. The van der Waals surface area contributed by atoms with E-state index in [4.69, 9.17) is 11.6 Å². The molecule has 0 bridgehead atoms. The molecule has 11 heteroatoms. The molecule has 2 aromatic heterocycles. The summed E-state index contributed by atoms with van der Waals surface area (Å²) in [5, 5.41) is 0.272. The Morgan fingerprint density at radius 1 is 1.22 bits per heavy atom. The van der Waals surface area contributed by atoms with Gasteiger partial charge in [-0.3, -0.25) is 0 Å². The zero-order valence-electron chi connectivity index (χ0n) is 18.1. The average molecular weight is 632 g/mol. The molecule has 0 aliphatic rings. The Hall–Kier alpha value is -0.273. The van der Waals surface area contributed by atoms with Crippen molar-refractivity contribution in [2.24, 2.45) is 12.8 Å². The summed E-state index contributed by atoms with van der Waals surface area (Å²) >= 11 is 6.04. The van der Waals surface area contributed by atoms with Gasteiger partial charge in [-0.1, -0.05) is 33.5 Å². The summed E-state index contributed by atoms with van der Waals surface area (Å²) in [6, 6.07) is 10.6. The molecule has 172 valence electrons. The van der Waals surface area contributed by atoms with E-state index in [-0.39, 0.29) is 109 Å². The van der Waals surface area contributed by atoms with E-state index in [1.807, 2.05) is 17.8 Å². The van der Waals surface area contributed by atoms with Crippen LogP contribution in [0.5, 0.6) is 0 Å². The summed E-state index contributed by atoms with van der Waals surface area (Å²) in [6.45, 7) is 9.36.